The van der Waals surface area contributed by atoms with Crippen molar-refractivity contribution >= 4 is 27.5 Å². The third kappa shape index (κ3) is 9.85. The number of hydrogen-bond donors (Lipinski definition) is 2. The largest absolute Gasteiger partial charge is 0.484 e. The summed E-state index contributed by atoms with van der Waals surface area (Å²) in [6, 6.07) is 24.2. The molecule has 0 aliphatic carbocycles. The van der Waals surface area contributed by atoms with Crippen molar-refractivity contribution in [3.05, 3.63) is 126 Å². The molecule has 2 amide bonds. The van der Waals surface area contributed by atoms with E-state index >= 15 is 0 Å². The van der Waals surface area contributed by atoms with E-state index in [4.69, 9.17) is 9.47 Å². The summed E-state index contributed by atoms with van der Waals surface area (Å²) in [6.45, 7) is 0.0621. The zero-order valence-corrected chi connectivity index (χ0v) is 25.3. The first-order chi connectivity index (χ1) is 21.6. The maximum atomic E-state index is 13.7. The van der Waals surface area contributed by atoms with E-state index in [-0.39, 0.29) is 42.4 Å². The second-order valence-corrected chi connectivity index (χ2v) is 11.7. The van der Waals surface area contributed by atoms with E-state index in [0.29, 0.717) is 5.56 Å². The Kier molecular flexibility index (Phi) is 11.6. The molecule has 0 aliphatic rings. The van der Waals surface area contributed by atoms with Gasteiger partial charge in [-0.25, -0.2) is 17.2 Å². The Hall–Kier alpha value is -4.81. The number of benzene rings is 4. The molecule has 0 spiro atoms. The zero-order valence-electron chi connectivity index (χ0n) is 24.5. The summed E-state index contributed by atoms with van der Waals surface area (Å²) in [5, 5.41) is 2.81. The molecule has 0 aromatic heterocycles. The standard InChI is InChI=1S/C33H33F2N3O6S/c1-43-20-19-36-33(40)31(21-24-5-3-2-4-6-24)38(22-25-7-9-26(34)10-8-25)32(39)23-44-29-15-17-30(18-16-29)45(41,42)37-28-13-11-27(35)12-14-28/h2-18,31,37H,19-23H2,1H3,(H,36,40)/t31-/m0/s1. The van der Waals surface area contributed by atoms with E-state index in [9.17, 15) is 26.8 Å². The number of halogens is 2. The summed E-state index contributed by atoms with van der Waals surface area (Å²) in [6.07, 6.45) is 0.209. The average Bonchev–Trinajstić information content (AvgIpc) is 3.04. The number of rotatable bonds is 15. The van der Waals surface area contributed by atoms with E-state index < -0.39 is 46.1 Å². The Labute approximate surface area is 260 Å². The minimum Gasteiger partial charge on any atom is -0.484 e. The number of carbonyl (C=O) groups excluding carboxylic acids is 2. The number of sulfonamides is 1. The molecule has 0 fully saturated rings. The van der Waals surface area contributed by atoms with Crippen LogP contribution in [0, 0.1) is 11.6 Å². The minimum atomic E-state index is -3.97. The first kappa shape index (κ1) is 33.1. The highest BCUT2D eigenvalue weighted by molar-refractivity contribution is 7.92. The summed E-state index contributed by atoms with van der Waals surface area (Å²) in [7, 11) is -2.46. The number of anilines is 1. The van der Waals surface area contributed by atoms with E-state index in [0.717, 1.165) is 17.7 Å². The van der Waals surface area contributed by atoms with Crippen molar-refractivity contribution in [2.75, 3.05) is 31.6 Å². The summed E-state index contributed by atoms with van der Waals surface area (Å²) in [5.41, 5.74) is 1.63. The number of ether oxygens (including phenoxy) is 2. The maximum absolute atomic E-state index is 13.7. The van der Waals surface area contributed by atoms with Crippen molar-refractivity contribution in [1.29, 1.82) is 0 Å². The van der Waals surface area contributed by atoms with Crippen LogP contribution in [-0.4, -0.2) is 58.0 Å². The van der Waals surface area contributed by atoms with Crippen molar-refractivity contribution in [3.8, 4) is 5.75 Å². The van der Waals surface area contributed by atoms with Crippen LogP contribution in [0.1, 0.15) is 11.1 Å². The quantitative estimate of drug-likeness (QED) is 0.185. The van der Waals surface area contributed by atoms with Crippen molar-refractivity contribution in [2.24, 2.45) is 0 Å². The second kappa shape index (κ2) is 15.8. The van der Waals surface area contributed by atoms with Crippen LogP contribution in [-0.2, 0) is 37.3 Å². The third-order valence-electron chi connectivity index (χ3n) is 6.74. The first-order valence-electron chi connectivity index (χ1n) is 14.0. The van der Waals surface area contributed by atoms with Crippen LogP contribution in [0.25, 0.3) is 0 Å². The number of nitrogens with zero attached hydrogens (tertiary/aromatic N) is 1. The van der Waals surface area contributed by atoms with Crippen molar-refractivity contribution in [1.82, 2.24) is 10.2 Å². The minimum absolute atomic E-state index is 0.00388. The Morgan fingerprint density at radius 2 is 1.44 bits per heavy atom. The van der Waals surface area contributed by atoms with Crippen LogP contribution in [0.3, 0.4) is 0 Å². The van der Waals surface area contributed by atoms with Gasteiger partial charge in [0.2, 0.25) is 5.91 Å². The Morgan fingerprint density at radius 1 is 0.822 bits per heavy atom. The molecule has 1 atom stereocenters. The van der Waals surface area contributed by atoms with E-state index in [2.05, 4.69) is 10.0 Å². The molecule has 0 saturated carbocycles. The van der Waals surface area contributed by atoms with Crippen LogP contribution in [0.4, 0.5) is 14.5 Å². The lowest BCUT2D eigenvalue weighted by molar-refractivity contribution is -0.142. The summed E-state index contributed by atoms with van der Waals surface area (Å²) in [4.78, 5) is 28.4. The zero-order chi connectivity index (χ0) is 32.2. The molecule has 0 unspecified atom stereocenters. The van der Waals surface area contributed by atoms with Crippen LogP contribution in [0.5, 0.6) is 5.75 Å². The van der Waals surface area contributed by atoms with E-state index in [1.165, 1.54) is 72.7 Å². The van der Waals surface area contributed by atoms with Gasteiger partial charge in [-0.15, -0.1) is 0 Å². The topological polar surface area (TPSA) is 114 Å². The highest BCUT2D eigenvalue weighted by Crippen LogP contribution is 2.21. The molecule has 0 radical (unpaired) electrons. The molecule has 0 bridgehead atoms. The number of amides is 2. The highest BCUT2D eigenvalue weighted by Gasteiger charge is 2.30. The fourth-order valence-corrected chi connectivity index (χ4v) is 5.47. The molecular weight excluding hydrogens is 604 g/mol. The molecule has 0 aliphatic heterocycles. The summed E-state index contributed by atoms with van der Waals surface area (Å²) >= 11 is 0. The van der Waals surface area contributed by atoms with Gasteiger partial charge in [-0.1, -0.05) is 42.5 Å². The van der Waals surface area contributed by atoms with Gasteiger partial charge in [-0.3, -0.25) is 14.3 Å². The lowest BCUT2D eigenvalue weighted by Crippen LogP contribution is -2.52. The molecule has 4 aromatic carbocycles. The summed E-state index contributed by atoms with van der Waals surface area (Å²) < 4.78 is 65.5. The van der Waals surface area contributed by atoms with Gasteiger partial charge in [0.25, 0.3) is 15.9 Å². The lowest BCUT2D eigenvalue weighted by Gasteiger charge is -2.31. The van der Waals surface area contributed by atoms with Gasteiger partial charge in [0, 0.05) is 32.3 Å². The molecule has 4 rings (SSSR count). The molecule has 12 heteroatoms. The molecule has 45 heavy (non-hydrogen) atoms. The predicted octanol–water partition coefficient (Wildman–Crippen LogP) is 4.55. The molecule has 4 aromatic rings. The first-order valence-corrected chi connectivity index (χ1v) is 15.5. The van der Waals surface area contributed by atoms with Gasteiger partial charge >= 0.3 is 0 Å². The number of carbonyl (C=O) groups is 2. The fraction of sp³-hybridized carbons (Fsp3) is 0.212. The van der Waals surface area contributed by atoms with Gasteiger partial charge in [-0.2, -0.15) is 0 Å². The Bertz CT molecular complexity index is 1650. The van der Waals surface area contributed by atoms with Crippen molar-refractivity contribution < 1.29 is 36.3 Å². The third-order valence-corrected chi connectivity index (χ3v) is 8.13. The molecule has 2 N–H and O–H groups in total. The molecule has 0 heterocycles. The van der Waals surface area contributed by atoms with Gasteiger partial charge in [0.15, 0.2) is 6.61 Å². The van der Waals surface area contributed by atoms with Crippen molar-refractivity contribution in [2.45, 2.75) is 23.9 Å². The number of methoxy groups -OCH3 is 1. The van der Waals surface area contributed by atoms with E-state index in [1.807, 2.05) is 30.3 Å². The van der Waals surface area contributed by atoms with Crippen LogP contribution in [0.2, 0.25) is 0 Å². The van der Waals surface area contributed by atoms with Gasteiger partial charge in [0.05, 0.1) is 11.5 Å². The van der Waals surface area contributed by atoms with Crippen LogP contribution < -0.4 is 14.8 Å². The summed E-state index contributed by atoms with van der Waals surface area (Å²) in [5.74, 6) is -1.62. The number of hydrogen-bond acceptors (Lipinski definition) is 6. The Morgan fingerprint density at radius 3 is 2.07 bits per heavy atom. The maximum Gasteiger partial charge on any atom is 0.261 e. The van der Waals surface area contributed by atoms with Crippen molar-refractivity contribution in [3.63, 3.8) is 0 Å². The van der Waals surface area contributed by atoms with Crippen LogP contribution >= 0.6 is 0 Å². The normalized spacial score (nSPS) is 11.8. The molecular formula is C33H33F2N3O6S. The average molecular weight is 638 g/mol. The fourth-order valence-electron chi connectivity index (χ4n) is 4.41. The predicted molar refractivity (Wildman–Crippen MR) is 165 cm³/mol. The monoisotopic (exact) mass is 637 g/mol. The smallest absolute Gasteiger partial charge is 0.261 e. The lowest BCUT2D eigenvalue weighted by atomic mass is 10.0. The van der Waals surface area contributed by atoms with Gasteiger partial charge in [-0.05, 0) is 71.8 Å². The van der Waals surface area contributed by atoms with Crippen LogP contribution in [0.15, 0.2) is 108 Å². The van der Waals surface area contributed by atoms with E-state index in [1.54, 1.807) is 0 Å². The Balaban J connectivity index is 1.52. The molecule has 9 nitrogen and oxygen atoms in total. The molecule has 236 valence electrons. The van der Waals surface area contributed by atoms with Gasteiger partial charge in [0.1, 0.15) is 23.4 Å². The second-order valence-electron chi connectivity index (χ2n) is 10.0. The number of nitrogens with one attached hydrogen (secondary N) is 2. The highest BCUT2D eigenvalue weighted by atomic mass is 32.2. The molecule has 0 saturated heterocycles. The van der Waals surface area contributed by atoms with Gasteiger partial charge < -0.3 is 19.7 Å². The SMILES string of the molecule is COCCNC(=O)[C@H](Cc1ccccc1)N(Cc1ccc(F)cc1)C(=O)COc1ccc(S(=O)(=O)Nc2ccc(F)cc2)cc1.